The van der Waals surface area contributed by atoms with Gasteiger partial charge >= 0.3 is 0 Å². The van der Waals surface area contributed by atoms with Gasteiger partial charge in [0.2, 0.25) is 0 Å². The molecule has 0 saturated carbocycles. The molecule has 136 valence electrons. The van der Waals surface area contributed by atoms with Crippen molar-refractivity contribution in [2.75, 3.05) is 31.1 Å². The van der Waals surface area contributed by atoms with Gasteiger partial charge in [-0.1, -0.05) is 11.6 Å². The zero-order chi connectivity index (χ0) is 18.1. The summed E-state index contributed by atoms with van der Waals surface area (Å²) in [5.41, 5.74) is 1.62. The van der Waals surface area contributed by atoms with Gasteiger partial charge in [0, 0.05) is 36.6 Å². The minimum absolute atomic E-state index is 0.137. The Labute approximate surface area is 160 Å². The van der Waals surface area contributed by atoms with Gasteiger partial charge in [-0.05, 0) is 31.5 Å². The maximum absolute atomic E-state index is 12.3. The third-order valence-corrected chi connectivity index (χ3v) is 5.81. The highest BCUT2D eigenvalue weighted by Gasteiger charge is 2.18. The maximum Gasteiger partial charge on any atom is 0.258 e. The molecule has 1 saturated heterocycles. The second kappa shape index (κ2) is 7.34. The number of hydrogen-bond donors (Lipinski definition) is 1. The van der Waals surface area contributed by atoms with Crippen LogP contribution in [0.4, 0.5) is 5.13 Å². The van der Waals surface area contributed by atoms with Crippen molar-refractivity contribution >= 4 is 39.0 Å². The lowest BCUT2D eigenvalue weighted by Gasteiger charge is -2.21. The smallest absolute Gasteiger partial charge is 0.258 e. The Balaban J connectivity index is 1.48. The molecular weight excluding hydrogens is 370 g/mol. The molecule has 1 N–H and O–H groups in total. The van der Waals surface area contributed by atoms with Gasteiger partial charge in [0.15, 0.2) is 5.13 Å². The van der Waals surface area contributed by atoms with E-state index in [2.05, 4.69) is 30.1 Å². The van der Waals surface area contributed by atoms with E-state index >= 15 is 0 Å². The largest absolute Gasteiger partial charge is 0.347 e. The molecule has 3 aromatic rings. The van der Waals surface area contributed by atoms with Gasteiger partial charge in [0.25, 0.3) is 5.56 Å². The molecule has 1 aromatic carbocycles. The fourth-order valence-electron chi connectivity index (χ4n) is 3.25. The Morgan fingerprint density at radius 2 is 2.12 bits per heavy atom. The molecule has 0 unspecified atom stereocenters. The van der Waals surface area contributed by atoms with Crippen molar-refractivity contribution in [1.82, 2.24) is 19.9 Å². The Bertz CT molecular complexity index is 985. The molecule has 1 fully saturated rings. The number of thiazole rings is 1. The van der Waals surface area contributed by atoms with Crippen LogP contribution in [0, 0.1) is 6.92 Å². The standard InChI is InChI=1S/C18H20ClN5OS/c1-12-11-26-18(20-12)24-6-2-5-23(7-8-24)10-16-21-15-4-3-13(19)9-14(15)17(25)22-16/h3-4,9,11H,2,5-8,10H2,1H3,(H,21,22,25). The third kappa shape index (κ3) is 3.75. The van der Waals surface area contributed by atoms with Gasteiger partial charge in [0.05, 0.1) is 23.1 Å². The fraction of sp³-hybridized carbons (Fsp3) is 0.389. The van der Waals surface area contributed by atoms with Crippen molar-refractivity contribution in [1.29, 1.82) is 0 Å². The monoisotopic (exact) mass is 389 g/mol. The van der Waals surface area contributed by atoms with Crippen molar-refractivity contribution in [3.8, 4) is 0 Å². The van der Waals surface area contributed by atoms with Crippen molar-refractivity contribution < 1.29 is 0 Å². The molecule has 2 aromatic heterocycles. The van der Waals surface area contributed by atoms with E-state index in [0.717, 1.165) is 43.4 Å². The van der Waals surface area contributed by atoms with Crippen LogP contribution in [0.15, 0.2) is 28.4 Å². The first kappa shape index (κ1) is 17.5. The minimum Gasteiger partial charge on any atom is -0.347 e. The van der Waals surface area contributed by atoms with Gasteiger partial charge in [-0.25, -0.2) is 9.97 Å². The topological polar surface area (TPSA) is 65.1 Å². The fourth-order valence-corrected chi connectivity index (χ4v) is 4.28. The van der Waals surface area contributed by atoms with Crippen LogP contribution in [0.25, 0.3) is 10.9 Å². The zero-order valence-electron chi connectivity index (χ0n) is 14.5. The van der Waals surface area contributed by atoms with Crippen molar-refractivity contribution in [2.45, 2.75) is 19.9 Å². The van der Waals surface area contributed by atoms with Gasteiger partial charge in [-0.3, -0.25) is 9.69 Å². The third-order valence-electron chi connectivity index (χ3n) is 4.56. The average Bonchev–Trinajstić information content (AvgIpc) is 2.91. The van der Waals surface area contributed by atoms with Crippen LogP contribution in [0.5, 0.6) is 0 Å². The SMILES string of the molecule is Cc1csc(N2CCCN(Cc3nc4ccc(Cl)cc4c(=O)[nH]3)CC2)n1. The molecule has 0 aliphatic carbocycles. The van der Waals surface area contributed by atoms with Crippen LogP contribution < -0.4 is 10.5 Å². The molecule has 1 aliphatic rings. The quantitative estimate of drug-likeness (QED) is 0.745. The van der Waals surface area contributed by atoms with E-state index < -0.39 is 0 Å². The summed E-state index contributed by atoms with van der Waals surface area (Å²) < 4.78 is 0. The van der Waals surface area contributed by atoms with E-state index in [1.807, 2.05) is 6.92 Å². The van der Waals surface area contributed by atoms with Gasteiger partial charge < -0.3 is 9.88 Å². The van der Waals surface area contributed by atoms with Gasteiger partial charge in [-0.15, -0.1) is 11.3 Å². The van der Waals surface area contributed by atoms with Crippen LogP contribution in [0.3, 0.4) is 0 Å². The number of halogens is 1. The average molecular weight is 390 g/mol. The molecule has 1 aliphatic heterocycles. The summed E-state index contributed by atoms with van der Waals surface area (Å²) in [5, 5.41) is 4.26. The van der Waals surface area contributed by atoms with Crippen LogP contribution in [-0.2, 0) is 6.54 Å². The van der Waals surface area contributed by atoms with Crippen LogP contribution in [0.2, 0.25) is 5.02 Å². The first-order valence-corrected chi connectivity index (χ1v) is 9.92. The summed E-state index contributed by atoms with van der Waals surface area (Å²) >= 11 is 7.67. The molecule has 0 spiro atoms. The lowest BCUT2D eigenvalue weighted by atomic mass is 10.2. The number of hydrogen-bond acceptors (Lipinski definition) is 6. The Morgan fingerprint density at radius 3 is 2.92 bits per heavy atom. The second-order valence-corrected chi connectivity index (χ2v) is 7.84. The predicted octanol–water partition coefficient (Wildman–Crippen LogP) is 3.05. The first-order valence-electron chi connectivity index (χ1n) is 8.66. The van der Waals surface area contributed by atoms with Crippen LogP contribution >= 0.6 is 22.9 Å². The van der Waals surface area contributed by atoms with Crippen molar-refractivity contribution in [3.05, 3.63) is 50.5 Å². The summed E-state index contributed by atoms with van der Waals surface area (Å²) in [5.74, 6) is 0.698. The van der Waals surface area contributed by atoms with Crippen LogP contribution in [0.1, 0.15) is 17.9 Å². The number of nitrogens with one attached hydrogen (secondary N) is 1. The summed E-state index contributed by atoms with van der Waals surface area (Å²) in [6.07, 6.45) is 1.06. The molecular formula is C18H20ClN5OS. The number of aromatic nitrogens is 3. The molecule has 0 radical (unpaired) electrons. The number of aryl methyl sites for hydroxylation is 1. The van der Waals surface area contributed by atoms with Crippen molar-refractivity contribution in [3.63, 3.8) is 0 Å². The molecule has 0 atom stereocenters. The zero-order valence-corrected chi connectivity index (χ0v) is 16.1. The number of benzene rings is 1. The predicted molar refractivity (Wildman–Crippen MR) is 106 cm³/mol. The number of anilines is 1. The number of rotatable bonds is 3. The molecule has 0 bridgehead atoms. The highest BCUT2D eigenvalue weighted by molar-refractivity contribution is 7.13. The highest BCUT2D eigenvalue weighted by atomic mass is 35.5. The molecule has 6 nitrogen and oxygen atoms in total. The lowest BCUT2D eigenvalue weighted by molar-refractivity contribution is 0.278. The number of H-pyrrole nitrogens is 1. The molecule has 3 heterocycles. The summed E-state index contributed by atoms with van der Waals surface area (Å²) in [6, 6.07) is 5.22. The summed E-state index contributed by atoms with van der Waals surface area (Å²) in [7, 11) is 0. The molecule has 0 amide bonds. The normalized spacial score (nSPS) is 16.2. The number of aromatic amines is 1. The van der Waals surface area contributed by atoms with Crippen LogP contribution in [-0.4, -0.2) is 46.0 Å². The summed E-state index contributed by atoms with van der Waals surface area (Å²) in [6.45, 7) is 6.49. The molecule has 26 heavy (non-hydrogen) atoms. The summed E-state index contributed by atoms with van der Waals surface area (Å²) in [4.78, 5) is 29.1. The second-order valence-electron chi connectivity index (χ2n) is 6.56. The minimum atomic E-state index is -0.137. The molecule has 8 heteroatoms. The Kier molecular flexibility index (Phi) is 4.93. The van der Waals surface area contributed by atoms with Crippen molar-refractivity contribution in [2.24, 2.45) is 0 Å². The number of nitrogens with zero attached hydrogens (tertiary/aromatic N) is 4. The van der Waals surface area contributed by atoms with Gasteiger partial charge in [-0.2, -0.15) is 0 Å². The Hall–Kier alpha value is -1.96. The van der Waals surface area contributed by atoms with Gasteiger partial charge in [0.1, 0.15) is 5.82 Å². The number of fused-ring (bicyclic) bond motifs is 1. The van der Waals surface area contributed by atoms with E-state index in [0.29, 0.717) is 28.3 Å². The lowest BCUT2D eigenvalue weighted by Crippen LogP contribution is -2.31. The molecule has 4 rings (SSSR count). The van der Waals surface area contributed by atoms with E-state index in [1.165, 1.54) is 0 Å². The van der Waals surface area contributed by atoms with E-state index in [-0.39, 0.29) is 5.56 Å². The highest BCUT2D eigenvalue weighted by Crippen LogP contribution is 2.22. The maximum atomic E-state index is 12.3. The van der Waals surface area contributed by atoms with E-state index in [4.69, 9.17) is 11.6 Å². The van der Waals surface area contributed by atoms with E-state index in [1.54, 1.807) is 29.5 Å². The Morgan fingerprint density at radius 1 is 1.23 bits per heavy atom. The first-order chi connectivity index (χ1) is 12.6. The van der Waals surface area contributed by atoms with E-state index in [9.17, 15) is 4.79 Å².